The first kappa shape index (κ1) is 24.8. The highest BCUT2D eigenvalue weighted by molar-refractivity contribution is 6.35. The number of halogens is 2. The molecular formula is C28H19Cl2N3O3. The number of fused-ring (bicyclic) bond motifs is 1. The second kappa shape index (κ2) is 11.4. The number of hydrogen-bond acceptors (Lipinski definition) is 4. The maximum atomic E-state index is 12.6. The van der Waals surface area contributed by atoms with Crippen LogP contribution >= 0.6 is 23.2 Å². The number of benzene rings is 4. The maximum Gasteiger partial charge on any atom is 0.266 e. The fraction of sp³-hybridized carbons (Fsp3) is 0.0357. The highest BCUT2D eigenvalue weighted by Crippen LogP contribution is 2.25. The predicted molar refractivity (Wildman–Crippen MR) is 143 cm³/mol. The van der Waals surface area contributed by atoms with Crippen LogP contribution in [0.5, 0.6) is 5.75 Å². The second-order valence-electron chi connectivity index (χ2n) is 7.72. The van der Waals surface area contributed by atoms with E-state index in [0.717, 1.165) is 10.8 Å². The van der Waals surface area contributed by atoms with E-state index in [-0.39, 0.29) is 12.2 Å². The fourth-order valence-corrected chi connectivity index (χ4v) is 3.71. The molecule has 2 N–H and O–H groups in total. The van der Waals surface area contributed by atoms with Crippen molar-refractivity contribution >= 4 is 63.2 Å². The lowest BCUT2D eigenvalue weighted by molar-refractivity contribution is -0.118. The number of ether oxygens (including phenoxy) is 1. The number of amides is 2. The lowest BCUT2D eigenvalue weighted by Crippen LogP contribution is -2.20. The predicted octanol–water partition coefficient (Wildman–Crippen LogP) is 6.71. The first-order valence-corrected chi connectivity index (χ1v) is 11.6. The zero-order chi connectivity index (χ0) is 25.5. The summed E-state index contributed by atoms with van der Waals surface area (Å²) in [7, 11) is 0. The zero-order valence-electron chi connectivity index (χ0n) is 18.8. The van der Waals surface area contributed by atoms with Crippen LogP contribution in [0.1, 0.15) is 5.56 Å². The molecule has 0 saturated heterocycles. The van der Waals surface area contributed by atoms with Crippen LogP contribution in [0.15, 0.2) is 90.5 Å². The summed E-state index contributed by atoms with van der Waals surface area (Å²) in [6.07, 6.45) is 1.48. The van der Waals surface area contributed by atoms with Gasteiger partial charge in [-0.3, -0.25) is 9.59 Å². The third-order valence-electron chi connectivity index (χ3n) is 5.14. The van der Waals surface area contributed by atoms with Crippen molar-refractivity contribution < 1.29 is 14.3 Å². The van der Waals surface area contributed by atoms with Gasteiger partial charge in [0, 0.05) is 10.7 Å². The van der Waals surface area contributed by atoms with Crippen molar-refractivity contribution in [2.75, 3.05) is 17.2 Å². The van der Waals surface area contributed by atoms with E-state index in [4.69, 9.17) is 27.9 Å². The van der Waals surface area contributed by atoms with Gasteiger partial charge in [0.15, 0.2) is 6.61 Å². The van der Waals surface area contributed by atoms with Gasteiger partial charge in [-0.15, -0.1) is 0 Å². The van der Waals surface area contributed by atoms with Crippen LogP contribution in [-0.4, -0.2) is 18.4 Å². The standard InChI is InChI=1S/C28H19Cl2N3O3/c29-22-8-12-25(30)26(15-22)33-27(34)17-36-24-10-5-18(6-11-24)13-21(16-31)28(35)32-23-9-7-19-3-1-2-4-20(19)14-23/h1-15H,17H2,(H,32,35)(H,33,34)/b21-13+. The number of hydrogen-bond donors (Lipinski definition) is 2. The van der Waals surface area contributed by atoms with Crippen LogP contribution in [0, 0.1) is 11.3 Å². The van der Waals surface area contributed by atoms with Crippen LogP contribution < -0.4 is 15.4 Å². The molecule has 2 amide bonds. The van der Waals surface area contributed by atoms with Gasteiger partial charge in [0.2, 0.25) is 0 Å². The molecule has 0 unspecified atom stereocenters. The summed E-state index contributed by atoms with van der Waals surface area (Å²) in [5.74, 6) is -0.469. The Hall–Kier alpha value is -4.31. The van der Waals surface area contributed by atoms with Crippen molar-refractivity contribution in [2.45, 2.75) is 0 Å². The van der Waals surface area contributed by atoms with E-state index in [1.54, 1.807) is 48.5 Å². The van der Waals surface area contributed by atoms with Gasteiger partial charge in [0.05, 0.1) is 10.7 Å². The summed E-state index contributed by atoms with van der Waals surface area (Å²) >= 11 is 12.0. The molecule has 0 bridgehead atoms. The van der Waals surface area contributed by atoms with Crippen LogP contribution in [0.4, 0.5) is 11.4 Å². The van der Waals surface area contributed by atoms with E-state index < -0.39 is 11.8 Å². The molecular weight excluding hydrogens is 497 g/mol. The quantitative estimate of drug-likeness (QED) is 0.211. The van der Waals surface area contributed by atoms with E-state index in [1.165, 1.54) is 6.08 Å². The van der Waals surface area contributed by atoms with Crippen LogP contribution in [0.2, 0.25) is 10.0 Å². The second-order valence-corrected chi connectivity index (χ2v) is 8.56. The Kier molecular flexibility index (Phi) is 7.86. The van der Waals surface area contributed by atoms with Crippen molar-refractivity contribution in [1.82, 2.24) is 0 Å². The molecule has 0 fully saturated rings. The Morgan fingerprint density at radius 3 is 2.39 bits per heavy atom. The van der Waals surface area contributed by atoms with Crippen LogP contribution in [-0.2, 0) is 9.59 Å². The summed E-state index contributed by atoms with van der Waals surface area (Å²) in [6.45, 7) is -0.240. The zero-order valence-corrected chi connectivity index (χ0v) is 20.3. The van der Waals surface area contributed by atoms with Crippen molar-refractivity contribution in [3.05, 3.63) is 106 Å². The highest BCUT2D eigenvalue weighted by atomic mass is 35.5. The SMILES string of the molecule is N#C/C(=C\c1ccc(OCC(=O)Nc2cc(Cl)ccc2Cl)cc1)C(=O)Nc1ccc2ccccc2c1. The molecule has 0 aliphatic heterocycles. The lowest BCUT2D eigenvalue weighted by atomic mass is 10.1. The number of nitrogens with one attached hydrogen (secondary N) is 2. The third-order valence-corrected chi connectivity index (χ3v) is 5.70. The molecule has 0 radical (unpaired) electrons. The van der Waals surface area contributed by atoms with Gasteiger partial charge in [-0.25, -0.2) is 0 Å². The van der Waals surface area contributed by atoms with E-state index in [9.17, 15) is 14.9 Å². The molecule has 0 aromatic heterocycles. The lowest BCUT2D eigenvalue weighted by Gasteiger charge is -2.09. The first-order valence-electron chi connectivity index (χ1n) is 10.8. The molecule has 4 rings (SSSR count). The summed E-state index contributed by atoms with van der Waals surface area (Å²) in [5.41, 5.74) is 1.57. The van der Waals surface area contributed by atoms with Crippen LogP contribution in [0.25, 0.3) is 16.8 Å². The minimum Gasteiger partial charge on any atom is -0.484 e. The summed E-state index contributed by atoms with van der Waals surface area (Å²) in [6, 6.07) is 26.7. The average Bonchev–Trinajstić information content (AvgIpc) is 2.88. The minimum absolute atomic E-state index is 0.0467. The Balaban J connectivity index is 1.36. The number of rotatable bonds is 7. The highest BCUT2D eigenvalue weighted by Gasteiger charge is 2.11. The van der Waals surface area contributed by atoms with E-state index in [1.807, 2.05) is 42.5 Å². The fourth-order valence-electron chi connectivity index (χ4n) is 3.37. The van der Waals surface area contributed by atoms with Gasteiger partial charge in [0.1, 0.15) is 17.4 Å². The number of carbonyl (C=O) groups is 2. The van der Waals surface area contributed by atoms with E-state index >= 15 is 0 Å². The summed E-state index contributed by atoms with van der Waals surface area (Å²) in [4.78, 5) is 24.8. The Morgan fingerprint density at radius 1 is 0.889 bits per heavy atom. The van der Waals surface area contributed by atoms with Gasteiger partial charge >= 0.3 is 0 Å². The normalized spacial score (nSPS) is 11.0. The number of nitriles is 1. The molecule has 36 heavy (non-hydrogen) atoms. The molecule has 6 nitrogen and oxygen atoms in total. The molecule has 0 aliphatic rings. The number of carbonyl (C=O) groups excluding carboxylic acids is 2. The number of anilines is 2. The smallest absolute Gasteiger partial charge is 0.266 e. The molecule has 4 aromatic carbocycles. The van der Waals surface area contributed by atoms with Crippen molar-refractivity contribution in [2.24, 2.45) is 0 Å². The summed E-state index contributed by atoms with van der Waals surface area (Å²) in [5, 5.41) is 17.7. The Bertz CT molecular complexity index is 1510. The largest absolute Gasteiger partial charge is 0.484 e. The molecule has 0 spiro atoms. The topological polar surface area (TPSA) is 91.2 Å². The van der Waals surface area contributed by atoms with Gasteiger partial charge in [-0.1, -0.05) is 65.7 Å². The monoisotopic (exact) mass is 515 g/mol. The first-order chi connectivity index (χ1) is 17.4. The van der Waals surface area contributed by atoms with Crippen molar-refractivity contribution in [3.8, 4) is 11.8 Å². The van der Waals surface area contributed by atoms with Gasteiger partial charge in [0.25, 0.3) is 11.8 Å². The van der Waals surface area contributed by atoms with Gasteiger partial charge in [-0.2, -0.15) is 5.26 Å². The Morgan fingerprint density at radius 2 is 1.64 bits per heavy atom. The molecule has 0 heterocycles. The third kappa shape index (κ3) is 6.42. The van der Waals surface area contributed by atoms with E-state index in [0.29, 0.717) is 32.7 Å². The van der Waals surface area contributed by atoms with Gasteiger partial charge < -0.3 is 15.4 Å². The molecule has 8 heteroatoms. The molecule has 0 saturated carbocycles. The van der Waals surface area contributed by atoms with E-state index in [2.05, 4.69) is 10.6 Å². The average molecular weight is 516 g/mol. The summed E-state index contributed by atoms with van der Waals surface area (Å²) < 4.78 is 5.50. The maximum absolute atomic E-state index is 12.6. The Labute approximate surface area is 217 Å². The van der Waals surface area contributed by atoms with Gasteiger partial charge in [-0.05, 0) is 64.9 Å². The van der Waals surface area contributed by atoms with Crippen molar-refractivity contribution in [1.29, 1.82) is 5.26 Å². The van der Waals surface area contributed by atoms with Crippen LogP contribution in [0.3, 0.4) is 0 Å². The minimum atomic E-state index is -0.510. The molecule has 178 valence electrons. The molecule has 0 aliphatic carbocycles. The van der Waals surface area contributed by atoms with Crippen molar-refractivity contribution in [3.63, 3.8) is 0 Å². The number of nitrogens with zero attached hydrogens (tertiary/aromatic N) is 1. The molecule has 4 aromatic rings. The molecule has 0 atom stereocenters.